The monoisotopic (exact) mass is 293 g/mol. The maximum Gasteiger partial charge on any atom is 0.433 e. The molecule has 0 radical (unpaired) electrons. The molecule has 0 atom stereocenters. The Morgan fingerprint density at radius 1 is 1.37 bits per heavy atom. The second-order valence-electron chi connectivity index (χ2n) is 3.54. The Morgan fingerprint density at radius 3 is 2.74 bits per heavy atom. The van der Waals surface area contributed by atoms with Gasteiger partial charge in [0, 0.05) is 6.20 Å². The third-order valence-electron chi connectivity index (χ3n) is 2.18. The highest BCUT2D eigenvalue weighted by atomic mass is 32.2. The van der Waals surface area contributed by atoms with Crippen LogP contribution in [0.25, 0.3) is 5.78 Å². The van der Waals surface area contributed by atoms with E-state index in [4.69, 9.17) is 8.37 Å². The number of imidazole rings is 1. The van der Waals surface area contributed by atoms with Gasteiger partial charge >= 0.3 is 6.18 Å². The van der Waals surface area contributed by atoms with E-state index in [1.807, 2.05) is 0 Å². The van der Waals surface area contributed by atoms with Crippen molar-refractivity contribution >= 4 is 18.1 Å². The fraction of sp³-hybridized carbons (Fsp3) is 0.400. The topological polar surface area (TPSA) is 48.7 Å². The standard InChI is InChI=1S/C10H10F3N3O2S/c1-3-17-19-18-8-6(2)14-9-15-7(10(11,12)13)4-5-16(8)9/h4-5H,3H2,1-2H3. The molecule has 0 fully saturated rings. The van der Waals surface area contributed by atoms with Gasteiger partial charge in [-0.05, 0) is 19.9 Å². The highest BCUT2D eigenvalue weighted by Crippen LogP contribution is 2.29. The second-order valence-corrected chi connectivity index (χ2v) is 4.08. The SMILES string of the molecule is CCOSOc1c(C)nc2nc(C(F)(F)F)ccn12. The van der Waals surface area contributed by atoms with Gasteiger partial charge in [-0.3, -0.25) is 8.58 Å². The highest BCUT2D eigenvalue weighted by Gasteiger charge is 2.33. The van der Waals surface area contributed by atoms with Crippen molar-refractivity contribution in [2.24, 2.45) is 0 Å². The predicted molar refractivity (Wildman–Crippen MR) is 62.6 cm³/mol. The normalized spacial score (nSPS) is 12.1. The molecule has 0 saturated carbocycles. The van der Waals surface area contributed by atoms with Gasteiger partial charge in [-0.15, -0.1) is 0 Å². The lowest BCUT2D eigenvalue weighted by Crippen LogP contribution is -2.09. The van der Waals surface area contributed by atoms with Crippen molar-refractivity contribution in [3.63, 3.8) is 0 Å². The Kier molecular flexibility index (Phi) is 3.85. The van der Waals surface area contributed by atoms with Gasteiger partial charge in [-0.25, -0.2) is 9.97 Å². The average Bonchev–Trinajstić information content (AvgIpc) is 2.64. The zero-order chi connectivity index (χ0) is 14.0. The lowest BCUT2D eigenvalue weighted by atomic mass is 10.4. The molecule has 2 aromatic rings. The molecule has 0 bridgehead atoms. The quantitative estimate of drug-likeness (QED) is 0.640. The molecule has 2 aromatic heterocycles. The molecule has 104 valence electrons. The number of hydrogen-bond donors (Lipinski definition) is 0. The minimum Gasteiger partial charge on any atom is -0.379 e. The van der Waals surface area contributed by atoms with Crippen LogP contribution in [0.3, 0.4) is 0 Å². The molecule has 0 aliphatic carbocycles. The van der Waals surface area contributed by atoms with Crippen molar-refractivity contribution in [1.29, 1.82) is 0 Å². The summed E-state index contributed by atoms with van der Waals surface area (Å²) in [5.74, 6) is 0.217. The van der Waals surface area contributed by atoms with Crippen LogP contribution in [0.4, 0.5) is 13.2 Å². The Morgan fingerprint density at radius 2 is 2.11 bits per heavy atom. The summed E-state index contributed by atoms with van der Waals surface area (Å²) in [5.41, 5.74) is -0.562. The van der Waals surface area contributed by atoms with Crippen LogP contribution in [0, 0.1) is 6.92 Å². The molecule has 0 aromatic carbocycles. The molecule has 0 aliphatic heterocycles. The fourth-order valence-electron chi connectivity index (χ4n) is 1.38. The smallest absolute Gasteiger partial charge is 0.379 e. The first-order valence-corrected chi connectivity index (χ1v) is 5.99. The minimum absolute atomic E-state index is 0.0700. The third-order valence-corrected chi connectivity index (χ3v) is 2.74. The Bertz CT molecular complexity index is 585. The summed E-state index contributed by atoms with van der Waals surface area (Å²) in [6, 6.07) is 0.867. The van der Waals surface area contributed by atoms with E-state index < -0.39 is 11.9 Å². The van der Waals surface area contributed by atoms with Gasteiger partial charge in [0.1, 0.15) is 11.4 Å². The van der Waals surface area contributed by atoms with E-state index in [1.165, 1.54) is 10.6 Å². The van der Waals surface area contributed by atoms with Crippen molar-refractivity contribution in [2.75, 3.05) is 6.61 Å². The second kappa shape index (κ2) is 5.25. The largest absolute Gasteiger partial charge is 0.433 e. The van der Waals surface area contributed by atoms with Crippen LogP contribution in [-0.4, -0.2) is 21.0 Å². The first kappa shape index (κ1) is 13.9. The maximum atomic E-state index is 12.5. The first-order valence-electron chi connectivity index (χ1n) is 5.32. The molecule has 2 heterocycles. The molecule has 0 spiro atoms. The van der Waals surface area contributed by atoms with E-state index in [2.05, 4.69) is 9.97 Å². The zero-order valence-electron chi connectivity index (χ0n) is 10.1. The third kappa shape index (κ3) is 2.92. The van der Waals surface area contributed by atoms with E-state index in [-0.39, 0.29) is 11.7 Å². The summed E-state index contributed by atoms with van der Waals surface area (Å²) in [6.45, 7) is 3.84. The number of alkyl halides is 3. The van der Waals surface area contributed by atoms with Crippen LogP contribution in [0.15, 0.2) is 12.3 Å². The van der Waals surface area contributed by atoms with Gasteiger partial charge in [0.05, 0.1) is 6.61 Å². The number of fused-ring (bicyclic) bond motifs is 1. The molecular formula is C10H10F3N3O2S. The summed E-state index contributed by atoms with van der Waals surface area (Å²) in [4.78, 5) is 7.38. The molecule has 2 rings (SSSR count). The number of hydrogen-bond acceptors (Lipinski definition) is 5. The van der Waals surface area contributed by atoms with Crippen LogP contribution in [0.1, 0.15) is 18.3 Å². The number of rotatable bonds is 4. The molecular weight excluding hydrogens is 283 g/mol. The van der Waals surface area contributed by atoms with Crippen LogP contribution in [-0.2, 0) is 10.4 Å². The minimum atomic E-state index is -4.50. The van der Waals surface area contributed by atoms with Gasteiger partial charge < -0.3 is 4.18 Å². The van der Waals surface area contributed by atoms with Crippen molar-refractivity contribution in [2.45, 2.75) is 20.0 Å². The summed E-state index contributed by atoms with van der Waals surface area (Å²) in [6.07, 6.45) is -3.28. The van der Waals surface area contributed by atoms with Crippen LogP contribution in [0.5, 0.6) is 5.88 Å². The Labute approximate surface area is 111 Å². The first-order chi connectivity index (χ1) is 8.93. The molecule has 9 heteroatoms. The van der Waals surface area contributed by atoms with Crippen molar-refractivity contribution in [3.8, 4) is 5.88 Å². The van der Waals surface area contributed by atoms with Gasteiger partial charge in [-0.2, -0.15) is 13.2 Å². The Balaban J connectivity index is 2.37. The summed E-state index contributed by atoms with van der Waals surface area (Å²) < 4.78 is 49.1. The zero-order valence-corrected chi connectivity index (χ0v) is 10.9. The maximum absolute atomic E-state index is 12.5. The fourth-order valence-corrected chi connectivity index (χ4v) is 1.79. The molecule has 5 nitrogen and oxygen atoms in total. The predicted octanol–water partition coefficient (Wildman–Crippen LogP) is 3.04. The van der Waals surface area contributed by atoms with Crippen molar-refractivity contribution < 1.29 is 21.5 Å². The Hall–Kier alpha value is -1.48. The lowest BCUT2D eigenvalue weighted by Gasteiger charge is -2.06. The van der Waals surface area contributed by atoms with Gasteiger partial charge in [0.15, 0.2) is 0 Å². The van der Waals surface area contributed by atoms with E-state index in [0.717, 1.165) is 18.4 Å². The molecule has 19 heavy (non-hydrogen) atoms. The van der Waals surface area contributed by atoms with Crippen LogP contribution >= 0.6 is 12.3 Å². The lowest BCUT2D eigenvalue weighted by molar-refractivity contribution is -0.141. The van der Waals surface area contributed by atoms with Crippen molar-refractivity contribution in [1.82, 2.24) is 14.4 Å². The van der Waals surface area contributed by atoms with E-state index in [9.17, 15) is 13.2 Å². The summed E-state index contributed by atoms with van der Waals surface area (Å²) >= 11 is 0.739. The summed E-state index contributed by atoms with van der Waals surface area (Å²) in [7, 11) is 0. The highest BCUT2D eigenvalue weighted by molar-refractivity contribution is 7.90. The molecule has 0 amide bonds. The van der Waals surface area contributed by atoms with Crippen LogP contribution < -0.4 is 4.18 Å². The average molecular weight is 293 g/mol. The number of aromatic nitrogens is 3. The molecule has 0 unspecified atom stereocenters. The molecule has 0 aliphatic rings. The van der Waals surface area contributed by atoms with Gasteiger partial charge in [0.2, 0.25) is 24.0 Å². The van der Waals surface area contributed by atoms with Crippen LogP contribution in [0.2, 0.25) is 0 Å². The number of halogens is 3. The van der Waals surface area contributed by atoms with E-state index in [0.29, 0.717) is 12.3 Å². The number of aryl methyl sites for hydroxylation is 1. The molecule has 0 saturated heterocycles. The van der Waals surface area contributed by atoms with Crippen molar-refractivity contribution in [3.05, 3.63) is 23.7 Å². The molecule has 0 N–H and O–H groups in total. The van der Waals surface area contributed by atoms with E-state index in [1.54, 1.807) is 13.8 Å². The van der Waals surface area contributed by atoms with Gasteiger partial charge in [0.25, 0.3) is 0 Å². The number of nitrogens with zero attached hydrogens (tertiary/aromatic N) is 3. The summed E-state index contributed by atoms with van der Waals surface area (Å²) in [5, 5.41) is 0. The van der Waals surface area contributed by atoms with E-state index >= 15 is 0 Å². The van der Waals surface area contributed by atoms with Gasteiger partial charge in [-0.1, -0.05) is 0 Å².